The molecule has 1 atom stereocenters. The molecule has 6 nitrogen and oxygen atoms in total. The van der Waals surface area contributed by atoms with E-state index in [2.05, 4.69) is 23.7 Å². The first-order valence-corrected chi connectivity index (χ1v) is 7.83. The summed E-state index contributed by atoms with van der Waals surface area (Å²) in [6.07, 6.45) is 0.851. The van der Waals surface area contributed by atoms with Crippen LogP contribution in [0.5, 0.6) is 0 Å². The summed E-state index contributed by atoms with van der Waals surface area (Å²) in [6.45, 7) is 7.20. The third-order valence-electron chi connectivity index (χ3n) is 3.70. The van der Waals surface area contributed by atoms with Crippen LogP contribution < -0.4 is 10.6 Å². The first-order valence-electron chi connectivity index (χ1n) is 7.02. The molecule has 2 heterocycles. The minimum atomic E-state index is -0.0608. The Labute approximate surface area is 123 Å². The van der Waals surface area contributed by atoms with Gasteiger partial charge in [0.05, 0.1) is 0 Å². The van der Waals surface area contributed by atoms with Crippen LogP contribution in [0.4, 0.5) is 10.9 Å². The minimum absolute atomic E-state index is 0.0608. The van der Waals surface area contributed by atoms with Crippen LogP contribution in [-0.2, 0) is 0 Å². The van der Waals surface area contributed by atoms with Crippen LogP contribution in [0.15, 0.2) is 0 Å². The van der Waals surface area contributed by atoms with Crippen molar-refractivity contribution in [2.24, 2.45) is 5.92 Å². The fourth-order valence-corrected chi connectivity index (χ4v) is 3.49. The maximum Gasteiger partial charge on any atom is 0.267 e. The zero-order valence-electron chi connectivity index (χ0n) is 12.0. The number of rotatable bonds is 5. The minimum Gasteiger partial charge on any atom is -0.396 e. The highest BCUT2D eigenvalue weighted by molar-refractivity contribution is 7.18. The summed E-state index contributed by atoms with van der Waals surface area (Å²) in [6, 6.07) is 0. The molecule has 112 valence electrons. The molecule has 1 saturated heterocycles. The van der Waals surface area contributed by atoms with Gasteiger partial charge in [-0.15, -0.1) is 0 Å². The SMILES string of the molecule is CCN(CC)c1nc(N)c(C(=O)N2CCC(CO)C2)s1. The average molecular weight is 298 g/mol. The Balaban J connectivity index is 2.14. The number of aliphatic hydroxyl groups excluding tert-OH is 1. The van der Waals surface area contributed by atoms with Gasteiger partial charge in [-0.3, -0.25) is 4.79 Å². The Hall–Kier alpha value is -1.34. The van der Waals surface area contributed by atoms with E-state index in [-0.39, 0.29) is 18.4 Å². The van der Waals surface area contributed by atoms with E-state index in [1.807, 2.05) is 0 Å². The molecule has 1 aromatic rings. The summed E-state index contributed by atoms with van der Waals surface area (Å²) in [5, 5.41) is 9.95. The number of hydrogen-bond acceptors (Lipinski definition) is 6. The van der Waals surface area contributed by atoms with E-state index in [0.29, 0.717) is 23.8 Å². The number of nitrogens with two attached hydrogens (primary N) is 1. The number of hydrogen-bond donors (Lipinski definition) is 2. The van der Waals surface area contributed by atoms with E-state index in [1.165, 1.54) is 11.3 Å². The number of nitrogen functional groups attached to an aromatic ring is 1. The first-order chi connectivity index (χ1) is 9.60. The molecule has 0 spiro atoms. The van der Waals surface area contributed by atoms with E-state index in [0.717, 1.165) is 24.6 Å². The number of likely N-dealkylation sites (tertiary alicyclic amines) is 1. The van der Waals surface area contributed by atoms with Crippen LogP contribution in [0.1, 0.15) is 29.9 Å². The smallest absolute Gasteiger partial charge is 0.267 e. The summed E-state index contributed by atoms with van der Waals surface area (Å²) in [7, 11) is 0. The normalized spacial score (nSPS) is 18.6. The molecule has 1 amide bonds. The van der Waals surface area contributed by atoms with Gasteiger partial charge in [0.2, 0.25) is 0 Å². The van der Waals surface area contributed by atoms with Crippen LogP contribution in [0.25, 0.3) is 0 Å². The molecule has 20 heavy (non-hydrogen) atoms. The largest absolute Gasteiger partial charge is 0.396 e. The Morgan fingerprint density at radius 3 is 2.80 bits per heavy atom. The van der Waals surface area contributed by atoms with Crippen molar-refractivity contribution in [3.63, 3.8) is 0 Å². The third kappa shape index (κ3) is 2.88. The first kappa shape index (κ1) is 15.1. The Bertz CT molecular complexity index is 473. The van der Waals surface area contributed by atoms with Gasteiger partial charge < -0.3 is 20.6 Å². The third-order valence-corrected chi connectivity index (χ3v) is 4.82. The fraction of sp³-hybridized carbons (Fsp3) is 0.692. The van der Waals surface area contributed by atoms with E-state index in [9.17, 15) is 4.79 Å². The topological polar surface area (TPSA) is 82.7 Å². The number of aliphatic hydroxyl groups is 1. The molecular formula is C13H22N4O2S. The molecule has 0 radical (unpaired) electrons. The molecule has 1 aliphatic heterocycles. The fourth-order valence-electron chi connectivity index (χ4n) is 2.41. The molecule has 1 fully saturated rings. The van der Waals surface area contributed by atoms with E-state index >= 15 is 0 Å². The molecule has 0 saturated carbocycles. The Kier molecular flexibility index (Phi) is 4.82. The van der Waals surface area contributed by atoms with Crippen LogP contribution in [-0.4, -0.2) is 53.7 Å². The number of thiazole rings is 1. The number of nitrogens with zero attached hydrogens (tertiary/aromatic N) is 3. The van der Waals surface area contributed by atoms with Crippen molar-refractivity contribution in [3.8, 4) is 0 Å². The predicted octanol–water partition coefficient (Wildman–Crippen LogP) is 1.03. The second-order valence-corrected chi connectivity index (χ2v) is 5.95. The number of carbonyl (C=O) groups is 1. The zero-order valence-corrected chi connectivity index (χ0v) is 12.8. The van der Waals surface area contributed by atoms with Crippen molar-refractivity contribution < 1.29 is 9.90 Å². The number of carbonyl (C=O) groups excluding carboxylic acids is 1. The van der Waals surface area contributed by atoms with Gasteiger partial charge in [0.25, 0.3) is 5.91 Å². The van der Waals surface area contributed by atoms with Gasteiger partial charge in [0, 0.05) is 38.7 Å². The van der Waals surface area contributed by atoms with Gasteiger partial charge in [-0.2, -0.15) is 0 Å². The lowest BCUT2D eigenvalue weighted by Crippen LogP contribution is -2.29. The van der Waals surface area contributed by atoms with Crippen LogP contribution in [0.2, 0.25) is 0 Å². The maximum absolute atomic E-state index is 12.5. The van der Waals surface area contributed by atoms with Crippen molar-refractivity contribution >= 4 is 28.2 Å². The molecular weight excluding hydrogens is 276 g/mol. The van der Waals surface area contributed by atoms with Gasteiger partial charge in [0.1, 0.15) is 10.7 Å². The molecule has 3 N–H and O–H groups in total. The molecule has 2 rings (SSSR count). The van der Waals surface area contributed by atoms with Gasteiger partial charge in [0.15, 0.2) is 5.13 Å². The molecule has 1 aromatic heterocycles. The van der Waals surface area contributed by atoms with Crippen molar-refractivity contribution in [2.75, 3.05) is 43.4 Å². The second kappa shape index (κ2) is 6.41. The van der Waals surface area contributed by atoms with Crippen LogP contribution >= 0.6 is 11.3 Å². The molecule has 0 aliphatic carbocycles. The van der Waals surface area contributed by atoms with Gasteiger partial charge >= 0.3 is 0 Å². The van der Waals surface area contributed by atoms with E-state index < -0.39 is 0 Å². The molecule has 1 unspecified atom stereocenters. The summed E-state index contributed by atoms with van der Waals surface area (Å²) >= 11 is 1.36. The number of amides is 1. The molecule has 0 bridgehead atoms. The monoisotopic (exact) mass is 298 g/mol. The lowest BCUT2D eigenvalue weighted by molar-refractivity contribution is 0.0787. The van der Waals surface area contributed by atoms with Crippen molar-refractivity contribution in [1.82, 2.24) is 9.88 Å². The molecule has 1 aliphatic rings. The van der Waals surface area contributed by atoms with E-state index in [4.69, 9.17) is 10.8 Å². The summed E-state index contributed by atoms with van der Waals surface area (Å²) in [4.78, 5) is 21.1. The molecule has 7 heteroatoms. The highest BCUT2D eigenvalue weighted by atomic mass is 32.1. The highest BCUT2D eigenvalue weighted by Crippen LogP contribution is 2.30. The number of aromatic nitrogens is 1. The van der Waals surface area contributed by atoms with Crippen molar-refractivity contribution in [1.29, 1.82) is 0 Å². The maximum atomic E-state index is 12.5. The highest BCUT2D eigenvalue weighted by Gasteiger charge is 2.29. The summed E-state index contributed by atoms with van der Waals surface area (Å²) in [5.74, 6) is 0.444. The lowest BCUT2D eigenvalue weighted by atomic mass is 10.1. The van der Waals surface area contributed by atoms with E-state index in [1.54, 1.807) is 4.90 Å². The Morgan fingerprint density at radius 1 is 1.55 bits per heavy atom. The second-order valence-electron chi connectivity index (χ2n) is 4.97. The lowest BCUT2D eigenvalue weighted by Gasteiger charge is -2.16. The van der Waals surface area contributed by atoms with Gasteiger partial charge in [-0.05, 0) is 20.3 Å². The van der Waals surface area contributed by atoms with Crippen molar-refractivity contribution in [2.45, 2.75) is 20.3 Å². The van der Waals surface area contributed by atoms with Crippen molar-refractivity contribution in [3.05, 3.63) is 4.88 Å². The average Bonchev–Trinajstić information content (AvgIpc) is 3.06. The van der Waals surface area contributed by atoms with Crippen LogP contribution in [0.3, 0.4) is 0 Å². The number of anilines is 2. The Morgan fingerprint density at radius 2 is 2.25 bits per heavy atom. The molecule has 0 aromatic carbocycles. The summed E-state index contributed by atoms with van der Waals surface area (Å²) in [5.41, 5.74) is 5.90. The van der Waals surface area contributed by atoms with Crippen LogP contribution in [0, 0.1) is 5.92 Å². The zero-order chi connectivity index (χ0) is 14.7. The van der Waals surface area contributed by atoms with Gasteiger partial charge in [-0.25, -0.2) is 4.98 Å². The van der Waals surface area contributed by atoms with Gasteiger partial charge in [-0.1, -0.05) is 11.3 Å². The standard InChI is InChI=1S/C13H22N4O2S/c1-3-16(4-2)13-15-11(14)10(20-13)12(19)17-6-5-9(7-17)8-18/h9,18H,3-8,14H2,1-2H3. The summed E-state index contributed by atoms with van der Waals surface area (Å²) < 4.78 is 0. The predicted molar refractivity (Wildman–Crippen MR) is 81.2 cm³/mol. The quantitative estimate of drug-likeness (QED) is 0.848.